The van der Waals surface area contributed by atoms with Gasteiger partial charge in [0.2, 0.25) is 0 Å². The SMILES string of the molecule is CCN(CC)CCCN1C(=O)C(=O)/C(=C(/O)c2cccc(OC)c2)C1c1ccccc1F. The summed E-state index contributed by atoms with van der Waals surface area (Å²) in [6.45, 7) is 6.89. The Morgan fingerprint density at radius 1 is 1.12 bits per heavy atom. The van der Waals surface area contributed by atoms with Crippen LogP contribution in [0.3, 0.4) is 0 Å². The normalized spacial score (nSPS) is 17.9. The molecule has 0 radical (unpaired) electrons. The summed E-state index contributed by atoms with van der Waals surface area (Å²) < 4.78 is 20.0. The number of hydrogen-bond donors (Lipinski definition) is 1. The number of aliphatic hydroxyl groups is 1. The zero-order chi connectivity index (χ0) is 23.3. The Bertz CT molecular complexity index is 1020. The maximum atomic E-state index is 14.8. The van der Waals surface area contributed by atoms with E-state index >= 15 is 0 Å². The van der Waals surface area contributed by atoms with Crippen molar-refractivity contribution in [2.24, 2.45) is 0 Å². The summed E-state index contributed by atoms with van der Waals surface area (Å²) in [5, 5.41) is 11.1. The zero-order valence-electron chi connectivity index (χ0n) is 18.7. The van der Waals surface area contributed by atoms with Crippen molar-refractivity contribution >= 4 is 17.4 Å². The molecule has 3 rings (SSSR count). The number of ketones is 1. The zero-order valence-corrected chi connectivity index (χ0v) is 18.7. The maximum absolute atomic E-state index is 14.8. The van der Waals surface area contributed by atoms with Gasteiger partial charge in [0.15, 0.2) is 0 Å². The van der Waals surface area contributed by atoms with E-state index in [1.165, 1.54) is 18.1 Å². The molecule has 32 heavy (non-hydrogen) atoms. The standard InChI is InChI=1S/C25H29FN2O4/c1-4-27(5-2)14-9-15-28-22(19-12-6-7-13-20(19)26)21(24(30)25(28)31)23(29)17-10-8-11-18(16-17)32-3/h6-8,10-13,16,22,29H,4-5,9,14-15H2,1-3H3/b23-21+. The van der Waals surface area contributed by atoms with Crippen LogP contribution in [0.15, 0.2) is 54.1 Å². The molecule has 2 aromatic rings. The number of benzene rings is 2. The van der Waals surface area contributed by atoms with Crippen LogP contribution in [0.5, 0.6) is 5.75 Å². The largest absolute Gasteiger partial charge is 0.507 e. The molecule has 1 saturated heterocycles. The number of methoxy groups -OCH3 is 1. The van der Waals surface area contributed by atoms with Gasteiger partial charge in [0.25, 0.3) is 11.7 Å². The predicted octanol–water partition coefficient (Wildman–Crippen LogP) is 3.99. The number of carbonyl (C=O) groups excluding carboxylic acids is 2. The third-order valence-electron chi connectivity index (χ3n) is 5.85. The van der Waals surface area contributed by atoms with Crippen LogP contribution in [-0.4, -0.2) is 59.9 Å². The maximum Gasteiger partial charge on any atom is 0.295 e. The highest BCUT2D eigenvalue weighted by molar-refractivity contribution is 6.46. The van der Waals surface area contributed by atoms with Crippen LogP contribution < -0.4 is 4.74 Å². The molecule has 1 atom stereocenters. The van der Waals surface area contributed by atoms with E-state index in [9.17, 15) is 19.1 Å². The summed E-state index contributed by atoms with van der Waals surface area (Å²) >= 11 is 0. The van der Waals surface area contributed by atoms with Crippen molar-refractivity contribution in [3.63, 3.8) is 0 Å². The third-order valence-corrected chi connectivity index (χ3v) is 5.85. The quantitative estimate of drug-likeness (QED) is 0.363. The van der Waals surface area contributed by atoms with Crippen LogP contribution in [0.25, 0.3) is 5.76 Å². The summed E-state index contributed by atoms with van der Waals surface area (Å²) in [6, 6.07) is 11.6. The number of likely N-dealkylation sites (tertiary alicyclic amines) is 1. The molecule has 0 spiro atoms. The van der Waals surface area contributed by atoms with Gasteiger partial charge in [-0.1, -0.05) is 44.2 Å². The van der Waals surface area contributed by atoms with Gasteiger partial charge in [0.1, 0.15) is 17.3 Å². The summed E-state index contributed by atoms with van der Waals surface area (Å²) in [5.74, 6) is -1.94. The predicted molar refractivity (Wildman–Crippen MR) is 121 cm³/mol. The number of hydrogen-bond acceptors (Lipinski definition) is 5. The van der Waals surface area contributed by atoms with E-state index in [4.69, 9.17) is 4.74 Å². The van der Waals surface area contributed by atoms with Crippen LogP contribution in [-0.2, 0) is 9.59 Å². The van der Waals surface area contributed by atoms with Gasteiger partial charge in [-0.05, 0) is 44.3 Å². The number of aliphatic hydroxyl groups excluding tert-OH is 1. The summed E-state index contributed by atoms with van der Waals surface area (Å²) in [7, 11) is 1.49. The highest BCUT2D eigenvalue weighted by Crippen LogP contribution is 2.40. The Labute approximate surface area is 187 Å². The highest BCUT2D eigenvalue weighted by atomic mass is 19.1. The molecule has 1 amide bonds. The number of nitrogens with zero attached hydrogens (tertiary/aromatic N) is 2. The number of carbonyl (C=O) groups is 2. The summed E-state index contributed by atoms with van der Waals surface area (Å²) in [6.07, 6.45) is 0.624. The minimum absolute atomic E-state index is 0.115. The number of ether oxygens (including phenoxy) is 1. The molecule has 0 aliphatic carbocycles. The molecule has 0 saturated carbocycles. The lowest BCUT2D eigenvalue weighted by Crippen LogP contribution is -2.33. The minimum Gasteiger partial charge on any atom is -0.507 e. The first-order valence-electron chi connectivity index (χ1n) is 10.8. The molecule has 1 unspecified atom stereocenters. The molecule has 7 heteroatoms. The molecule has 1 aliphatic rings. The molecular weight excluding hydrogens is 411 g/mol. The molecule has 1 fully saturated rings. The molecular formula is C25H29FN2O4. The second-order valence-electron chi connectivity index (χ2n) is 7.63. The minimum atomic E-state index is -1.00. The lowest BCUT2D eigenvalue weighted by molar-refractivity contribution is -0.140. The average molecular weight is 441 g/mol. The van der Waals surface area contributed by atoms with Gasteiger partial charge < -0.3 is 19.6 Å². The smallest absolute Gasteiger partial charge is 0.295 e. The van der Waals surface area contributed by atoms with Crippen molar-refractivity contribution in [3.05, 3.63) is 71.0 Å². The fourth-order valence-electron chi connectivity index (χ4n) is 4.06. The van der Waals surface area contributed by atoms with E-state index in [0.717, 1.165) is 19.6 Å². The van der Waals surface area contributed by atoms with Gasteiger partial charge in [-0.25, -0.2) is 4.39 Å². The van der Waals surface area contributed by atoms with Crippen LogP contribution in [0.1, 0.15) is 37.4 Å². The monoisotopic (exact) mass is 440 g/mol. The molecule has 0 aromatic heterocycles. The van der Waals surface area contributed by atoms with Gasteiger partial charge >= 0.3 is 0 Å². The van der Waals surface area contributed by atoms with Crippen molar-refractivity contribution in [1.29, 1.82) is 0 Å². The Hall–Kier alpha value is -3.19. The fraction of sp³-hybridized carbons (Fsp3) is 0.360. The molecule has 6 nitrogen and oxygen atoms in total. The second kappa shape index (κ2) is 10.4. The molecule has 1 N–H and O–H groups in total. The van der Waals surface area contributed by atoms with Crippen molar-refractivity contribution in [2.75, 3.05) is 33.3 Å². The Morgan fingerprint density at radius 2 is 1.84 bits per heavy atom. The lowest BCUT2D eigenvalue weighted by atomic mass is 9.95. The van der Waals surface area contributed by atoms with E-state index in [-0.39, 0.29) is 23.4 Å². The van der Waals surface area contributed by atoms with Crippen molar-refractivity contribution in [3.8, 4) is 5.75 Å². The van der Waals surface area contributed by atoms with Crippen molar-refractivity contribution in [1.82, 2.24) is 9.80 Å². The Morgan fingerprint density at radius 3 is 2.50 bits per heavy atom. The summed E-state index contributed by atoms with van der Waals surface area (Å²) in [5.41, 5.74) is 0.391. The van der Waals surface area contributed by atoms with Gasteiger partial charge in [0.05, 0.1) is 18.7 Å². The van der Waals surface area contributed by atoms with Crippen LogP contribution in [0, 0.1) is 5.82 Å². The van der Waals surface area contributed by atoms with E-state index in [0.29, 0.717) is 17.7 Å². The van der Waals surface area contributed by atoms with Crippen LogP contribution in [0.4, 0.5) is 4.39 Å². The Kier molecular flexibility index (Phi) is 7.64. The van der Waals surface area contributed by atoms with Gasteiger partial charge in [-0.2, -0.15) is 0 Å². The Balaban J connectivity index is 2.06. The van der Waals surface area contributed by atoms with Crippen molar-refractivity contribution in [2.45, 2.75) is 26.3 Å². The lowest BCUT2D eigenvalue weighted by Gasteiger charge is -2.27. The topological polar surface area (TPSA) is 70.1 Å². The first kappa shape index (κ1) is 23.5. The molecule has 170 valence electrons. The van der Waals surface area contributed by atoms with Gasteiger partial charge in [-0.3, -0.25) is 9.59 Å². The number of Topliss-reactive ketones (excluding diaryl/α,β-unsaturated/α-hetero) is 1. The molecule has 1 heterocycles. The first-order chi connectivity index (χ1) is 15.4. The number of halogens is 1. The third kappa shape index (κ3) is 4.67. The first-order valence-corrected chi connectivity index (χ1v) is 10.8. The van der Waals surface area contributed by atoms with E-state index in [2.05, 4.69) is 18.7 Å². The fourth-order valence-corrected chi connectivity index (χ4v) is 4.06. The molecule has 2 aromatic carbocycles. The van der Waals surface area contributed by atoms with Crippen molar-refractivity contribution < 1.29 is 23.8 Å². The molecule has 1 aliphatic heterocycles. The summed E-state index contributed by atoms with van der Waals surface area (Å²) in [4.78, 5) is 29.6. The van der Waals surface area contributed by atoms with Gasteiger partial charge in [0, 0.05) is 17.7 Å². The van der Waals surface area contributed by atoms with Crippen LogP contribution >= 0.6 is 0 Å². The van der Waals surface area contributed by atoms with E-state index < -0.39 is 23.5 Å². The average Bonchev–Trinajstić information content (AvgIpc) is 3.06. The van der Waals surface area contributed by atoms with E-state index in [1.807, 2.05) is 0 Å². The second-order valence-corrected chi connectivity index (χ2v) is 7.63. The van der Waals surface area contributed by atoms with E-state index in [1.54, 1.807) is 42.5 Å². The number of rotatable bonds is 9. The van der Waals surface area contributed by atoms with Crippen LogP contribution in [0.2, 0.25) is 0 Å². The van der Waals surface area contributed by atoms with Gasteiger partial charge in [-0.15, -0.1) is 0 Å². The number of amides is 1. The molecule has 0 bridgehead atoms. The highest BCUT2D eigenvalue weighted by Gasteiger charge is 2.46.